The molecule has 0 fully saturated rings. The maximum absolute atomic E-state index is 13.9. The molecule has 9 nitrogen and oxygen atoms in total. The van der Waals surface area contributed by atoms with Crippen LogP contribution in [-0.2, 0) is 23.8 Å². The summed E-state index contributed by atoms with van der Waals surface area (Å²) in [7, 11) is 4.16. The predicted molar refractivity (Wildman–Crippen MR) is 298 cm³/mol. The SMILES string of the molecule is CCCCCCC(CCCCCC)OC(=O)CCCCCCCCC(CCCCCCCCC(=O)OC(CCCCCC)CCCCCC)OC(=O)N(CCCCCCC(O)CCC)CCCN(C)C. The fourth-order valence-electron chi connectivity index (χ4n) is 9.77. The van der Waals surface area contributed by atoms with Gasteiger partial charge in [-0.05, 0) is 136 Å². The third kappa shape index (κ3) is 46.0. The van der Waals surface area contributed by atoms with Gasteiger partial charge in [-0.2, -0.15) is 0 Å². The number of amides is 1. The van der Waals surface area contributed by atoms with E-state index in [9.17, 15) is 19.5 Å². The van der Waals surface area contributed by atoms with Crippen LogP contribution in [-0.4, -0.2) is 91.1 Å². The number of aliphatic hydroxyl groups is 1. The van der Waals surface area contributed by atoms with Crippen molar-refractivity contribution < 1.29 is 33.7 Å². The lowest BCUT2D eigenvalue weighted by Crippen LogP contribution is -2.37. The lowest BCUT2D eigenvalue weighted by atomic mass is 10.0. The largest absolute Gasteiger partial charge is 0.462 e. The molecule has 9 heteroatoms. The quantitative estimate of drug-likeness (QED) is 0.0365. The summed E-state index contributed by atoms with van der Waals surface area (Å²) < 4.78 is 18.4. The molecule has 0 aromatic heterocycles. The highest BCUT2D eigenvalue weighted by molar-refractivity contribution is 5.70. The van der Waals surface area contributed by atoms with Crippen LogP contribution in [0.5, 0.6) is 0 Å². The molecule has 1 N–H and O–H groups in total. The van der Waals surface area contributed by atoms with Crippen molar-refractivity contribution in [1.82, 2.24) is 9.80 Å². The fraction of sp³-hybridized carbons (Fsp3) is 0.951. The summed E-state index contributed by atoms with van der Waals surface area (Å²) >= 11 is 0. The van der Waals surface area contributed by atoms with E-state index in [4.69, 9.17) is 14.2 Å². The molecule has 0 aromatic carbocycles. The van der Waals surface area contributed by atoms with Crippen molar-refractivity contribution in [3.8, 4) is 0 Å². The Morgan fingerprint density at radius 1 is 0.343 bits per heavy atom. The zero-order valence-electron chi connectivity index (χ0n) is 47.8. The molecule has 0 heterocycles. The maximum atomic E-state index is 13.9. The van der Waals surface area contributed by atoms with Gasteiger partial charge in [-0.3, -0.25) is 9.59 Å². The maximum Gasteiger partial charge on any atom is 0.410 e. The van der Waals surface area contributed by atoms with Crippen molar-refractivity contribution in [2.45, 2.75) is 342 Å². The first kappa shape index (κ1) is 68.1. The van der Waals surface area contributed by atoms with Gasteiger partial charge in [0.05, 0.1) is 6.10 Å². The monoisotopic (exact) mass is 993 g/mol. The highest BCUT2D eigenvalue weighted by Gasteiger charge is 2.21. The fourth-order valence-corrected chi connectivity index (χ4v) is 9.77. The van der Waals surface area contributed by atoms with E-state index in [1.54, 1.807) is 0 Å². The second-order valence-electron chi connectivity index (χ2n) is 21.7. The molecular formula is C61H120N2O7. The number of aliphatic hydroxyl groups excluding tert-OH is 1. The van der Waals surface area contributed by atoms with Crippen molar-refractivity contribution in [2.24, 2.45) is 0 Å². The predicted octanol–water partition coefficient (Wildman–Crippen LogP) is 17.8. The van der Waals surface area contributed by atoms with Gasteiger partial charge in [0, 0.05) is 25.9 Å². The number of ether oxygens (including phenoxy) is 3. The number of hydrogen-bond acceptors (Lipinski definition) is 8. The van der Waals surface area contributed by atoms with Gasteiger partial charge < -0.3 is 29.1 Å². The molecule has 0 saturated carbocycles. The average Bonchev–Trinajstić information content (AvgIpc) is 3.33. The van der Waals surface area contributed by atoms with E-state index in [2.05, 4.69) is 53.6 Å². The van der Waals surface area contributed by atoms with Crippen LogP contribution in [0.1, 0.15) is 317 Å². The molecule has 0 bridgehead atoms. The van der Waals surface area contributed by atoms with Gasteiger partial charge in [-0.15, -0.1) is 0 Å². The summed E-state index contributed by atoms with van der Waals surface area (Å²) in [4.78, 5) is 43.7. The van der Waals surface area contributed by atoms with Crippen LogP contribution in [0.3, 0.4) is 0 Å². The molecule has 1 unspecified atom stereocenters. The molecule has 0 spiro atoms. The second kappa shape index (κ2) is 52.0. The van der Waals surface area contributed by atoms with Crippen molar-refractivity contribution >= 4 is 18.0 Å². The summed E-state index contributed by atoms with van der Waals surface area (Å²) in [5.41, 5.74) is 0. The van der Waals surface area contributed by atoms with E-state index in [0.29, 0.717) is 25.9 Å². The third-order valence-electron chi connectivity index (χ3n) is 14.3. The molecule has 0 radical (unpaired) electrons. The highest BCUT2D eigenvalue weighted by atomic mass is 16.6. The summed E-state index contributed by atoms with van der Waals surface area (Å²) in [6.45, 7) is 13.4. The number of rotatable bonds is 54. The number of esters is 2. The zero-order chi connectivity index (χ0) is 51.6. The van der Waals surface area contributed by atoms with Crippen LogP contribution < -0.4 is 0 Å². The Hall–Kier alpha value is -1.87. The van der Waals surface area contributed by atoms with Crippen molar-refractivity contribution in [3.63, 3.8) is 0 Å². The van der Waals surface area contributed by atoms with Crippen molar-refractivity contribution in [1.29, 1.82) is 0 Å². The second-order valence-corrected chi connectivity index (χ2v) is 21.7. The van der Waals surface area contributed by atoms with Crippen LogP contribution in [0.4, 0.5) is 4.79 Å². The highest BCUT2D eigenvalue weighted by Crippen LogP contribution is 2.22. The molecule has 70 heavy (non-hydrogen) atoms. The van der Waals surface area contributed by atoms with Crippen LogP contribution >= 0.6 is 0 Å². The van der Waals surface area contributed by atoms with Crippen molar-refractivity contribution in [2.75, 3.05) is 33.7 Å². The molecule has 0 saturated heterocycles. The molecule has 0 rings (SSSR count). The number of carbonyl (C=O) groups excluding carboxylic acids is 3. The summed E-state index contributed by atoms with van der Waals surface area (Å²) in [5.74, 6) is -0.0210. The Labute approximate surface area is 435 Å². The smallest absolute Gasteiger partial charge is 0.410 e. The van der Waals surface area contributed by atoms with Gasteiger partial charge in [0.1, 0.15) is 18.3 Å². The molecule has 0 aliphatic heterocycles. The Morgan fingerprint density at radius 2 is 0.657 bits per heavy atom. The van der Waals surface area contributed by atoms with E-state index in [1.165, 1.54) is 77.0 Å². The minimum Gasteiger partial charge on any atom is -0.462 e. The van der Waals surface area contributed by atoms with Gasteiger partial charge in [-0.1, -0.05) is 189 Å². The van der Waals surface area contributed by atoms with Gasteiger partial charge in [-0.25, -0.2) is 4.79 Å². The minimum absolute atomic E-state index is 0.0105. The average molecular weight is 994 g/mol. The number of hydrogen-bond donors (Lipinski definition) is 1. The Morgan fingerprint density at radius 3 is 1.03 bits per heavy atom. The number of unbranched alkanes of at least 4 members (excludes halogenated alkanes) is 25. The molecule has 0 aliphatic carbocycles. The Bertz CT molecular complexity index is 1050. The first-order chi connectivity index (χ1) is 34.1. The molecule has 0 aromatic rings. The van der Waals surface area contributed by atoms with E-state index < -0.39 is 0 Å². The molecule has 0 aliphatic rings. The summed E-state index contributed by atoms with van der Waals surface area (Å²) in [6.07, 6.45) is 46.5. The number of carbonyl (C=O) groups is 3. The van der Waals surface area contributed by atoms with Gasteiger partial charge >= 0.3 is 18.0 Å². The molecule has 416 valence electrons. The van der Waals surface area contributed by atoms with E-state index in [-0.39, 0.29) is 42.4 Å². The molecule has 1 atom stereocenters. The zero-order valence-corrected chi connectivity index (χ0v) is 47.8. The third-order valence-corrected chi connectivity index (χ3v) is 14.3. The summed E-state index contributed by atoms with van der Waals surface area (Å²) in [6, 6.07) is 0. The van der Waals surface area contributed by atoms with Crippen LogP contribution in [0.2, 0.25) is 0 Å². The van der Waals surface area contributed by atoms with Crippen LogP contribution in [0.25, 0.3) is 0 Å². The summed E-state index contributed by atoms with van der Waals surface area (Å²) in [5, 5.41) is 10.1. The lowest BCUT2D eigenvalue weighted by molar-refractivity contribution is -0.151. The van der Waals surface area contributed by atoms with Gasteiger partial charge in [0.2, 0.25) is 0 Å². The first-order valence-corrected chi connectivity index (χ1v) is 30.8. The van der Waals surface area contributed by atoms with Gasteiger partial charge in [0.25, 0.3) is 0 Å². The molecular weight excluding hydrogens is 873 g/mol. The standard InChI is InChI=1S/C61H120N2O7/c1-8-13-17-32-44-56(45-33-18-14-9-2)68-59(65)50-38-27-23-21-25-36-48-58(70-61(67)63(54-41-52-62(6)7)53-40-30-29-31-43-55(64)42-12-5)49-37-26-22-24-28-39-51-60(66)69-57(46-34-19-15-10-3)47-35-20-16-11-4/h55-58,64H,8-54H2,1-7H3. The molecule has 1 amide bonds. The Balaban J connectivity index is 5.13. The Kier molecular flexibility index (Phi) is 50.6. The van der Waals surface area contributed by atoms with Crippen molar-refractivity contribution in [3.05, 3.63) is 0 Å². The van der Waals surface area contributed by atoms with E-state index in [0.717, 1.165) is 199 Å². The van der Waals surface area contributed by atoms with Gasteiger partial charge in [0.15, 0.2) is 0 Å². The van der Waals surface area contributed by atoms with E-state index >= 15 is 0 Å². The van der Waals surface area contributed by atoms with Crippen LogP contribution in [0.15, 0.2) is 0 Å². The normalized spacial score (nSPS) is 12.2. The topological polar surface area (TPSA) is 106 Å². The van der Waals surface area contributed by atoms with Crippen LogP contribution in [0, 0.1) is 0 Å². The van der Waals surface area contributed by atoms with E-state index in [1.807, 2.05) is 4.90 Å². The first-order valence-electron chi connectivity index (χ1n) is 30.8. The minimum atomic E-state index is -0.189. The number of nitrogens with zero attached hydrogens (tertiary/aromatic N) is 2. The lowest BCUT2D eigenvalue weighted by Gasteiger charge is -2.26.